The number of aromatic nitrogens is 1. The Morgan fingerprint density at radius 1 is 0.719 bits per heavy atom. The van der Waals surface area contributed by atoms with E-state index >= 15 is 0 Å². The van der Waals surface area contributed by atoms with Crippen LogP contribution in [0.1, 0.15) is 25.8 Å². The molecule has 156 valence electrons. The van der Waals surface area contributed by atoms with Gasteiger partial charge in [0.1, 0.15) is 6.17 Å². The summed E-state index contributed by atoms with van der Waals surface area (Å²) in [6.45, 7) is 4.91. The van der Waals surface area contributed by atoms with E-state index in [0.717, 1.165) is 5.82 Å². The number of pyridine rings is 1. The van der Waals surface area contributed by atoms with E-state index < -0.39 is 0 Å². The van der Waals surface area contributed by atoms with Crippen LogP contribution in [0.15, 0.2) is 97.2 Å². The molecular formula is C29H25N3. The summed E-state index contributed by atoms with van der Waals surface area (Å²) in [6.07, 6.45) is 3.29. The second-order valence-corrected chi connectivity index (χ2v) is 9.79. The van der Waals surface area contributed by atoms with Crippen LogP contribution in [0.4, 0.5) is 22.9 Å². The molecule has 1 fully saturated rings. The Kier molecular flexibility index (Phi) is 3.38. The topological polar surface area (TPSA) is 19.4 Å². The van der Waals surface area contributed by atoms with Gasteiger partial charge in [-0.05, 0) is 41.8 Å². The van der Waals surface area contributed by atoms with Gasteiger partial charge in [0, 0.05) is 28.3 Å². The van der Waals surface area contributed by atoms with Crippen molar-refractivity contribution in [2.24, 2.45) is 5.41 Å². The zero-order chi connectivity index (χ0) is 21.5. The van der Waals surface area contributed by atoms with E-state index in [-0.39, 0.29) is 17.0 Å². The molecule has 1 saturated carbocycles. The maximum absolute atomic E-state index is 4.91. The fourth-order valence-corrected chi connectivity index (χ4v) is 6.37. The molecule has 1 aliphatic carbocycles. The van der Waals surface area contributed by atoms with Crippen LogP contribution in [0.25, 0.3) is 11.1 Å². The summed E-state index contributed by atoms with van der Waals surface area (Å²) in [5.41, 5.74) is 7.99. The average Bonchev–Trinajstić information content (AvgIpc) is 3.27. The second-order valence-electron chi connectivity index (χ2n) is 9.79. The van der Waals surface area contributed by atoms with E-state index in [1.165, 1.54) is 40.2 Å². The summed E-state index contributed by atoms with van der Waals surface area (Å²) in [4.78, 5) is 9.97. The molecule has 3 heteroatoms. The van der Waals surface area contributed by atoms with Crippen LogP contribution in [0, 0.1) is 5.41 Å². The van der Waals surface area contributed by atoms with E-state index in [9.17, 15) is 0 Å². The minimum Gasteiger partial charge on any atom is -0.316 e. The first kappa shape index (κ1) is 18.0. The molecule has 3 nitrogen and oxygen atoms in total. The molecule has 3 unspecified atom stereocenters. The van der Waals surface area contributed by atoms with Gasteiger partial charge < -0.3 is 9.80 Å². The van der Waals surface area contributed by atoms with Crippen LogP contribution in [0.5, 0.6) is 0 Å². The van der Waals surface area contributed by atoms with Gasteiger partial charge in [0.2, 0.25) is 0 Å². The summed E-state index contributed by atoms with van der Waals surface area (Å²) >= 11 is 0. The standard InChI is InChI=1S/C29H25N3/c1-28-19-29(28,2)27-31(23-15-8-6-13-21(23)20-11-4-3-5-12-20)25-17-10-18-30-26(25)32(27)24-16-9-7-14-22(24)28/h3-18,27H,19H2,1-2H3. The molecule has 0 N–H and O–H groups in total. The van der Waals surface area contributed by atoms with Crippen molar-refractivity contribution >= 4 is 22.9 Å². The van der Waals surface area contributed by atoms with Gasteiger partial charge in [-0.25, -0.2) is 4.98 Å². The van der Waals surface area contributed by atoms with Gasteiger partial charge in [-0.2, -0.15) is 0 Å². The Labute approximate surface area is 189 Å². The van der Waals surface area contributed by atoms with Crippen molar-refractivity contribution in [3.05, 3.63) is 103 Å². The molecule has 3 atom stereocenters. The summed E-state index contributed by atoms with van der Waals surface area (Å²) in [6, 6.07) is 32.8. The smallest absolute Gasteiger partial charge is 0.158 e. The Hall–Kier alpha value is -3.59. The monoisotopic (exact) mass is 415 g/mol. The van der Waals surface area contributed by atoms with Crippen LogP contribution in [0.3, 0.4) is 0 Å². The zero-order valence-electron chi connectivity index (χ0n) is 18.4. The van der Waals surface area contributed by atoms with E-state index in [0.29, 0.717) is 0 Å². The lowest BCUT2D eigenvalue weighted by Crippen LogP contribution is -2.50. The summed E-state index contributed by atoms with van der Waals surface area (Å²) in [5, 5.41) is 0. The number of anilines is 4. The number of hydrogen-bond donors (Lipinski definition) is 0. The molecule has 2 aliphatic heterocycles. The van der Waals surface area contributed by atoms with Crippen LogP contribution in [0.2, 0.25) is 0 Å². The third-order valence-electron chi connectivity index (χ3n) is 8.18. The lowest BCUT2D eigenvalue weighted by Gasteiger charge is -2.44. The highest BCUT2D eigenvalue weighted by Crippen LogP contribution is 2.75. The maximum Gasteiger partial charge on any atom is 0.158 e. The SMILES string of the molecule is CC12CC1(C)C1N(c3ccccc3-c3ccccc3)c3cccnc3N1c1ccccc12. The van der Waals surface area contributed by atoms with Gasteiger partial charge in [-0.1, -0.05) is 80.6 Å². The van der Waals surface area contributed by atoms with Gasteiger partial charge in [0.15, 0.2) is 5.82 Å². The number of para-hydroxylation sites is 2. The third kappa shape index (κ3) is 2.09. The molecular weight excluding hydrogens is 390 g/mol. The molecule has 32 heavy (non-hydrogen) atoms. The first-order valence-electron chi connectivity index (χ1n) is 11.4. The molecule has 0 saturated heterocycles. The summed E-state index contributed by atoms with van der Waals surface area (Å²) < 4.78 is 0. The lowest BCUT2D eigenvalue weighted by atomic mass is 9.81. The molecule has 3 aromatic carbocycles. The van der Waals surface area contributed by atoms with Crippen molar-refractivity contribution in [2.45, 2.75) is 31.8 Å². The molecule has 7 rings (SSSR count). The second kappa shape index (κ2) is 6.01. The fraction of sp³-hybridized carbons (Fsp3) is 0.207. The molecule has 4 aromatic rings. The van der Waals surface area contributed by atoms with Crippen LogP contribution in [-0.4, -0.2) is 11.1 Å². The van der Waals surface area contributed by atoms with E-state index in [2.05, 4.69) is 115 Å². The van der Waals surface area contributed by atoms with Gasteiger partial charge in [-0.15, -0.1) is 0 Å². The minimum absolute atomic E-state index is 0.131. The average molecular weight is 416 g/mol. The Bertz CT molecular complexity index is 1360. The molecule has 3 aliphatic rings. The van der Waals surface area contributed by atoms with Crippen molar-refractivity contribution in [1.82, 2.24) is 4.98 Å². The Morgan fingerprint density at radius 2 is 1.41 bits per heavy atom. The predicted molar refractivity (Wildman–Crippen MR) is 131 cm³/mol. The molecule has 3 heterocycles. The van der Waals surface area contributed by atoms with Crippen LogP contribution < -0.4 is 9.80 Å². The van der Waals surface area contributed by atoms with Crippen molar-refractivity contribution in [1.29, 1.82) is 0 Å². The lowest BCUT2D eigenvalue weighted by molar-refractivity contribution is 0.372. The van der Waals surface area contributed by atoms with Crippen LogP contribution in [-0.2, 0) is 5.41 Å². The summed E-state index contributed by atoms with van der Waals surface area (Å²) in [5.74, 6) is 1.06. The first-order valence-corrected chi connectivity index (χ1v) is 11.4. The van der Waals surface area contributed by atoms with Gasteiger partial charge in [0.05, 0.1) is 11.4 Å². The van der Waals surface area contributed by atoms with E-state index in [4.69, 9.17) is 4.98 Å². The zero-order valence-corrected chi connectivity index (χ0v) is 18.4. The Morgan fingerprint density at radius 3 is 2.25 bits per heavy atom. The van der Waals surface area contributed by atoms with E-state index in [1.807, 2.05) is 6.20 Å². The largest absolute Gasteiger partial charge is 0.316 e. The maximum atomic E-state index is 4.91. The number of hydrogen-bond acceptors (Lipinski definition) is 3. The Balaban J connectivity index is 1.51. The minimum atomic E-state index is 0.131. The number of rotatable bonds is 2. The molecule has 0 radical (unpaired) electrons. The van der Waals surface area contributed by atoms with Gasteiger partial charge >= 0.3 is 0 Å². The molecule has 0 bridgehead atoms. The highest BCUT2D eigenvalue weighted by atomic mass is 15.5. The number of benzene rings is 3. The fourth-order valence-electron chi connectivity index (χ4n) is 6.37. The molecule has 0 spiro atoms. The number of fused-ring (bicyclic) bond motifs is 8. The van der Waals surface area contributed by atoms with E-state index in [1.54, 1.807) is 0 Å². The quantitative estimate of drug-likeness (QED) is 0.350. The van der Waals surface area contributed by atoms with Crippen molar-refractivity contribution in [2.75, 3.05) is 9.80 Å². The van der Waals surface area contributed by atoms with Gasteiger partial charge in [-0.3, -0.25) is 0 Å². The summed E-state index contributed by atoms with van der Waals surface area (Å²) in [7, 11) is 0. The normalized spacial score (nSPS) is 26.8. The first-order chi connectivity index (χ1) is 15.6. The predicted octanol–water partition coefficient (Wildman–Crippen LogP) is 7.05. The van der Waals surface area contributed by atoms with Crippen LogP contribution >= 0.6 is 0 Å². The van der Waals surface area contributed by atoms with Crippen molar-refractivity contribution < 1.29 is 0 Å². The van der Waals surface area contributed by atoms with Crippen molar-refractivity contribution in [3.63, 3.8) is 0 Å². The van der Waals surface area contributed by atoms with Gasteiger partial charge in [0.25, 0.3) is 0 Å². The number of nitrogens with zero attached hydrogens (tertiary/aromatic N) is 3. The highest BCUT2D eigenvalue weighted by molar-refractivity contribution is 5.93. The van der Waals surface area contributed by atoms with Crippen molar-refractivity contribution in [3.8, 4) is 11.1 Å². The molecule has 0 amide bonds. The third-order valence-corrected chi connectivity index (χ3v) is 8.18. The molecule has 1 aromatic heterocycles. The highest BCUT2D eigenvalue weighted by Gasteiger charge is 2.73.